The lowest BCUT2D eigenvalue weighted by Crippen LogP contribution is -2.09. The summed E-state index contributed by atoms with van der Waals surface area (Å²) < 4.78 is 2.17. The van der Waals surface area contributed by atoms with Crippen LogP contribution in [0.15, 0.2) is 31.0 Å². The zero-order chi connectivity index (χ0) is 13.0. The average molecular weight is 244 g/mol. The molecule has 18 heavy (non-hydrogen) atoms. The zero-order valence-electron chi connectivity index (χ0n) is 11.0. The predicted molar refractivity (Wildman–Crippen MR) is 73.9 cm³/mol. The van der Waals surface area contributed by atoms with E-state index in [1.165, 1.54) is 12.8 Å². The largest absolute Gasteiger partial charge is 0.398 e. The van der Waals surface area contributed by atoms with Crippen LogP contribution in [0.25, 0.3) is 11.3 Å². The standard InChI is InChI=1S/C14H20N4/c1-3-11(4-2)9-18-10-17-8-14(18)12-7-16-6-5-13(12)15/h5-8,10-11H,3-4,9H2,1-2H3,(H2,15,16). The summed E-state index contributed by atoms with van der Waals surface area (Å²) in [5.41, 5.74) is 8.75. The molecule has 0 saturated heterocycles. The van der Waals surface area contributed by atoms with E-state index in [0.29, 0.717) is 5.92 Å². The van der Waals surface area contributed by atoms with Crippen LogP contribution in [0.5, 0.6) is 0 Å². The molecular formula is C14H20N4. The third kappa shape index (κ3) is 2.53. The number of nitrogens with zero attached hydrogens (tertiary/aromatic N) is 3. The van der Waals surface area contributed by atoms with Crippen molar-refractivity contribution in [1.82, 2.24) is 14.5 Å². The number of anilines is 1. The van der Waals surface area contributed by atoms with Crippen LogP contribution in [0.3, 0.4) is 0 Å². The highest BCUT2D eigenvalue weighted by Gasteiger charge is 2.11. The number of hydrogen-bond donors (Lipinski definition) is 1. The number of rotatable bonds is 5. The van der Waals surface area contributed by atoms with E-state index in [4.69, 9.17) is 5.73 Å². The van der Waals surface area contributed by atoms with Gasteiger partial charge in [-0.25, -0.2) is 4.98 Å². The molecule has 0 atom stereocenters. The first-order chi connectivity index (χ1) is 8.76. The summed E-state index contributed by atoms with van der Waals surface area (Å²) in [7, 11) is 0. The summed E-state index contributed by atoms with van der Waals surface area (Å²) in [6.45, 7) is 5.43. The van der Waals surface area contributed by atoms with Crippen LogP contribution in [0.1, 0.15) is 26.7 Å². The molecule has 0 aliphatic carbocycles. The maximum absolute atomic E-state index is 6.00. The second kappa shape index (κ2) is 5.67. The van der Waals surface area contributed by atoms with Gasteiger partial charge < -0.3 is 10.3 Å². The van der Waals surface area contributed by atoms with Gasteiger partial charge in [0.1, 0.15) is 0 Å². The zero-order valence-corrected chi connectivity index (χ0v) is 11.0. The van der Waals surface area contributed by atoms with E-state index in [0.717, 1.165) is 23.5 Å². The van der Waals surface area contributed by atoms with E-state index in [9.17, 15) is 0 Å². The van der Waals surface area contributed by atoms with Crippen LogP contribution in [0, 0.1) is 5.92 Å². The summed E-state index contributed by atoms with van der Waals surface area (Å²) in [5.74, 6) is 0.677. The van der Waals surface area contributed by atoms with Crippen LogP contribution in [0.2, 0.25) is 0 Å². The van der Waals surface area contributed by atoms with E-state index >= 15 is 0 Å². The number of pyridine rings is 1. The Bertz CT molecular complexity index is 500. The van der Waals surface area contributed by atoms with Crippen molar-refractivity contribution in [3.05, 3.63) is 31.0 Å². The molecule has 2 N–H and O–H groups in total. The van der Waals surface area contributed by atoms with Crippen LogP contribution in [0.4, 0.5) is 5.69 Å². The van der Waals surface area contributed by atoms with Crippen molar-refractivity contribution in [2.24, 2.45) is 5.92 Å². The summed E-state index contributed by atoms with van der Waals surface area (Å²) in [4.78, 5) is 8.38. The molecule has 2 aromatic heterocycles. The van der Waals surface area contributed by atoms with Crippen molar-refractivity contribution in [1.29, 1.82) is 0 Å². The van der Waals surface area contributed by atoms with Gasteiger partial charge in [0, 0.05) is 30.2 Å². The molecule has 2 aromatic rings. The molecule has 96 valence electrons. The molecule has 4 nitrogen and oxygen atoms in total. The van der Waals surface area contributed by atoms with Gasteiger partial charge in [-0.15, -0.1) is 0 Å². The Balaban J connectivity index is 2.31. The molecule has 2 rings (SSSR count). The third-order valence-electron chi connectivity index (χ3n) is 3.45. The molecule has 0 unspecified atom stereocenters. The van der Waals surface area contributed by atoms with Gasteiger partial charge in [-0.05, 0) is 12.0 Å². The highest BCUT2D eigenvalue weighted by Crippen LogP contribution is 2.25. The second-order valence-electron chi connectivity index (χ2n) is 4.58. The molecule has 4 heteroatoms. The maximum atomic E-state index is 6.00. The Kier molecular flexibility index (Phi) is 3.97. The smallest absolute Gasteiger partial charge is 0.0951 e. The van der Waals surface area contributed by atoms with Gasteiger partial charge in [-0.3, -0.25) is 4.98 Å². The Morgan fingerprint density at radius 2 is 2.00 bits per heavy atom. The van der Waals surface area contributed by atoms with Gasteiger partial charge in [0.2, 0.25) is 0 Å². The normalized spacial score (nSPS) is 11.1. The molecule has 0 aliphatic rings. The fourth-order valence-corrected chi connectivity index (χ4v) is 2.13. The molecule has 0 fully saturated rings. The molecule has 0 bridgehead atoms. The second-order valence-corrected chi connectivity index (χ2v) is 4.58. The number of nitrogens with two attached hydrogens (primary N) is 1. The van der Waals surface area contributed by atoms with Crippen LogP contribution in [-0.2, 0) is 6.54 Å². The summed E-state index contributed by atoms with van der Waals surface area (Å²) in [6, 6.07) is 1.82. The van der Waals surface area contributed by atoms with E-state index < -0.39 is 0 Å². The Morgan fingerprint density at radius 1 is 1.22 bits per heavy atom. The number of aromatic nitrogens is 3. The van der Waals surface area contributed by atoms with Crippen molar-refractivity contribution < 1.29 is 0 Å². The molecule has 0 saturated carbocycles. The first kappa shape index (κ1) is 12.6. The average Bonchev–Trinajstić information content (AvgIpc) is 2.84. The number of hydrogen-bond acceptors (Lipinski definition) is 3. The minimum absolute atomic E-state index is 0.677. The highest BCUT2D eigenvalue weighted by molar-refractivity contribution is 5.72. The number of nitrogen functional groups attached to an aromatic ring is 1. The van der Waals surface area contributed by atoms with Crippen LogP contribution < -0.4 is 5.73 Å². The van der Waals surface area contributed by atoms with Crippen molar-refractivity contribution in [2.75, 3.05) is 5.73 Å². The van der Waals surface area contributed by atoms with E-state index in [-0.39, 0.29) is 0 Å². The lowest BCUT2D eigenvalue weighted by molar-refractivity contribution is 0.420. The lowest BCUT2D eigenvalue weighted by Gasteiger charge is -2.15. The van der Waals surface area contributed by atoms with Crippen molar-refractivity contribution in [3.63, 3.8) is 0 Å². The number of imidazole rings is 1. The SMILES string of the molecule is CCC(CC)Cn1cncc1-c1cnccc1N. The Morgan fingerprint density at radius 3 is 2.67 bits per heavy atom. The summed E-state index contributed by atoms with van der Waals surface area (Å²) in [5, 5.41) is 0. The minimum atomic E-state index is 0.677. The van der Waals surface area contributed by atoms with Gasteiger partial charge in [-0.1, -0.05) is 26.7 Å². The van der Waals surface area contributed by atoms with E-state index in [1.807, 2.05) is 18.6 Å². The third-order valence-corrected chi connectivity index (χ3v) is 3.45. The van der Waals surface area contributed by atoms with Crippen molar-refractivity contribution >= 4 is 5.69 Å². The van der Waals surface area contributed by atoms with Gasteiger partial charge in [0.25, 0.3) is 0 Å². The maximum Gasteiger partial charge on any atom is 0.0951 e. The fraction of sp³-hybridized carbons (Fsp3) is 0.429. The monoisotopic (exact) mass is 244 g/mol. The van der Waals surface area contributed by atoms with Crippen molar-refractivity contribution in [2.45, 2.75) is 33.2 Å². The van der Waals surface area contributed by atoms with Crippen LogP contribution in [-0.4, -0.2) is 14.5 Å². The molecule has 2 heterocycles. The summed E-state index contributed by atoms with van der Waals surface area (Å²) in [6.07, 6.45) is 9.60. The van der Waals surface area contributed by atoms with E-state index in [1.54, 1.807) is 12.4 Å². The van der Waals surface area contributed by atoms with Gasteiger partial charge in [0.05, 0.1) is 18.2 Å². The predicted octanol–water partition coefficient (Wildman–Crippen LogP) is 2.96. The molecule has 0 spiro atoms. The molecular weight excluding hydrogens is 224 g/mol. The Hall–Kier alpha value is -1.84. The molecule has 0 aliphatic heterocycles. The first-order valence-corrected chi connectivity index (χ1v) is 6.46. The molecule has 0 amide bonds. The first-order valence-electron chi connectivity index (χ1n) is 6.46. The quantitative estimate of drug-likeness (QED) is 0.879. The minimum Gasteiger partial charge on any atom is -0.398 e. The van der Waals surface area contributed by atoms with Gasteiger partial charge in [0.15, 0.2) is 0 Å². The fourth-order valence-electron chi connectivity index (χ4n) is 2.13. The van der Waals surface area contributed by atoms with Crippen molar-refractivity contribution in [3.8, 4) is 11.3 Å². The van der Waals surface area contributed by atoms with Gasteiger partial charge >= 0.3 is 0 Å². The van der Waals surface area contributed by atoms with E-state index in [2.05, 4.69) is 28.4 Å². The highest BCUT2D eigenvalue weighted by atomic mass is 15.0. The molecule has 0 radical (unpaired) electrons. The van der Waals surface area contributed by atoms with Crippen LogP contribution >= 0.6 is 0 Å². The lowest BCUT2D eigenvalue weighted by atomic mass is 10.0. The topological polar surface area (TPSA) is 56.7 Å². The van der Waals surface area contributed by atoms with Gasteiger partial charge in [-0.2, -0.15) is 0 Å². The summed E-state index contributed by atoms with van der Waals surface area (Å²) >= 11 is 0. The Labute approximate surface area is 108 Å². The molecule has 0 aromatic carbocycles.